The maximum absolute atomic E-state index is 9.11. The number of hydrogen-bond donors (Lipinski definition) is 0. The van der Waals surface area contributed by atoms with Gasteiger partial charge in [0.1, 0.15) is 5.75 Å². The first-order chi connectivity index (χ1) is 11.2. The van der Waals surface area contributed by atoms with Crippen LogP contribution in [0.4, 0.5) is 0 Å². The molecule has 0 aliphatic heterocycles. The molecule has 7 heteroatoms. The Bertz CT molecular complexity index is 726. The average molecular weight is 327 g/mol. The van der Waals surface area contributed by atoms with Crippen LogP contribution in [0.3, 0.4) is 0 Å². The second-order valence-electron chi connectivity index (χ2n) is 4.93. The van der Waals surface area contributed by atoms with Crippen LogP contribution in [0.2, 0.25) is 0 Å². The first-order valence-electron chi connectivity index (χ1n) is 7.12. The molecule has 23 heavy (non-hydrogen) atoms. The predicted molar refractivity (Wildman–Crippen MR) is 87.7 cm³/mol. The van der Waals surface area contributed by atoms with Gasteiger partial charge in [0, 0.05) is 24.8 Å². The third kappa shape index (κ3) is 4.24. The van der Waals surface area contributed by atoms with Crippen molar-refractivity contribution in [3.63, 3.8) is 0 Å². The molecule has 0 aliphatic rings. The summed E-state index contributed by atoms with van der Waals surface area (Å²) in [6.07, 6.45) is 0.984. The van der Waals surface area contributed by atoms with E-state index < -0.39 is 0 Å². The van der Waals surface area contributed by atoms with Crippen molar-refractivity contribution in [1.82, 2.24) is 14.8 Å². The van der Waals surface area contributed by atoms with E-state index in [-0.39, 0.29) is 5.92 Å². The van der Waals surface area contributed by atoms with Gasteiger partial charge in [-0.25, -0.2) is 0 Å². The summed E-state index contributed by atoms with van der Waals surface area (Å²) < 4.78 is 7.06. The van der Waals surface area contributed by atoms with Gasteiger partial charge in [0.2, 0.25) is 0 Å². The van der Waals surface area contributed by atoms with Crippen LogP contribution in [-0.2, 0) is 7.05 Å². The molecule has 2 rings (SSSR count). The number of rotatable bonds is 7. The minimum absolute atomic E-state index is 0.152. The van der Waals surface area contributed by atoms with Crippen LogP contribution in [0.1, 0.15) is 12.8 Å². The summed E-state index contributed by atoms with van der Waals surface area (Å²) in [5.41, 5.74) is 0.953. The van der Waals surface area contributed by atoms with Crippen molar-refractivity contribution >= 4 is 11.8 Å². The zero-order valence-corrected chi connectivity index (χ0v) is 13.9. The summed E-state index contributed by atoms with van der Waals surface area (Å²) >= 11 is 1.49. The van der Waals surface area contributed by atoms with E-state index >= 15 is 0 Å². The predicted octanol–water partition coefficient (Wildman–Crippen LogP) is 3.03. The van der Waals surface area contributed by atoms with E-state index in [4.69, 9.17) is 15.3 Å². The van der Waals surface area contributed by atoms with E-state index in [1.807, 2.05) is 35.9 Å². The fourth-order valence-corrected chi connectivity index (χ4v) is 3.00. The standard InChI is InChI=1S/C16H17N5OS/c1-21-15(13-5-7-14(22-2)8-6-13)19-20-16(21)23-11-12(10-18)4-3-9-17/h5-8,12H,3-4,11H2,1-2H3/t12-/m0/s1. The van der Waals surface area contributed by atoms with Gasteiger partial charge >= 0.3 is 0 Å². The Hall–Kier alpha value is -2.51. The molecule has 2 aromatic rings. The summed E-state index contributed by atoms with van der Waals surface area (Å²) in [5, 5.41) is 26.9. The number of thioether (sulfide) groups is 1. The van der Waals surface area contributed by atoms with E-state index in [1.165, 1.54) is 11.8 Å². The van der Waals surface area contributed by atoms with Crippen molar-refractivity contribution in [2.24, 2.45) is 13.0 Å². The van der Waals surface area contributed by atoms with Crippen molar-refractivity contribution in [1.29, 1.82) is 10.5 Å². The Labute approximate surface area is 139 Å². The van der Waals surface area contributed by atoms with E-state index in [2.05, 4.69) is 22.3 Å². The quantitative estimate of drug-likeness (QED) is 0.726. The number of ether oxygens (including phenoxy) is 1. The molecule has 1 heterocycles. The number of methoxy groups -OCH3 is 1. The molecule has 1 atom stereocenters. The van der Waals surface area contributed by atoms with Crippen molar-refractivity contribution in [3.05, 3.63) is 24.3 Å². The first-order valence-corrected chi connectivity index (χ1v) is 8.11. The summed E-state index contributed by atoms with van der Waals surface area (Å²) in [6.45, 7) is 0. The van der Waals surface area contributed by atoms with Gasteiger partial charge < -0.3 is 9.30 Å². The van der Waals surface area contributed by atoms with Gasteiger partial charge in [-0.1, -0.05) is 11.8 Å². The highest BCUT2D eigenvalue weighted by Gasteiger charge is 2.14. The molecule has 0 unspecified atom stereocenters. The van der Waals surface area contributed by atoms with Crippen LogP contribution < -0.4 is 4.74 Å². The Kier molecular flexibility index (Phi) is 6.02. The van der Waals surface area contributed by atoms with Crippen molar-refractivity contribution < 1.29 is 4.74 Å². The van der Waals surface area contributed by atoms with E-state index in [0.29, 0.717) is 18.6 Å². The van der Waals surface area contributed by atoms with Gasteiger partial charge in [-0.2, -0.15) is 10.5 Å². The highest BCUT2D eigenvalue weighted by atomic mass is 32.2. The Morgan fingerprint density at radius 2 is 2.00 bits per heavy atom. The molecule has 0 radical (unpaired) electrons. The number of benzene rings is 1. The number of hydrogen-bond acceptors (Lipinski definition) is 6. The zero-order valence-electron chi connectivity index (χ0n) is 13.1. The molecule has 118 valence electrons. The van der Waals surface area contributed by atoms with E-state index in [9.17, 15) is 0 Å². The summed E-state index contributed by atoms with van der Waals surface area (Å²) in [6, 6.07) is 11.9. The van der Waals surface area contributed by atoms with Crippen LogP contribution in [0.25, 0.3) is 11.4 Å². The topological polar surface area (TPSA) is 87.5 Å². The van der Waals surface area contributed by atoms with Gasteiger partial charge in [0.15, 0.2) is 11.0 Å². The first kappa shape index (κ1) is 16.9. The molecular weight excluding hydrogens is 310 g/mol. The Balaban J connectivity index is 2.07. The minimum atomic E-state index is -0.152. The molecule has 0 spiro atoms. The van der Waals surface area contributed by atoms with Crippen LogP contribution in [-0.4, -0.2) is 27.6 Å². The third-order valence-electron chi connectivity index (χ3n) is 3.38. The molecule has 0 amide bonds. The van der Waals surface area contributed by atoms with Gasteiger partial charge in [-0.3, -0.25) is 0 Å². The highest BCUT2D eigenvalue weighted by molar-refractivity contribution is 7.99. The number of nitriles is 2. The molecule has 0 saturated carbocycles. The Morgan fingerprint density at radius 1 is 1.26 bits per heavy atom. The molecular formula is C16H17N5OS. The van der Waals surface area contributed by atoms with E-state index in [0.717, 1.165) is 22.3 Å². The van der Waals surface area contributed by atoms with Crippen LogP contribution >= 0.6 is 11.8 Å². The van der Waals surface area contributed by atoms with Crippen LogP contribution in [0.15, 0.2) is 29.4 Å². The molecule has 1 aromatic heterocycles. The van der Waals surface area contributed by atoms with Crippen LogP contribution in [0.5, 0.6) is 5.75 Å². The second-order valence-corrected chi connectivity index (χ2v) is 5.91. The van der Waals surface area contributed by atoms with Crippen molar-refractivity contribution in [2.45, 2.75) is 18.0 Å². The van der Waals surface area contributed by atoms with Gasteiger partial charge in [-0.05, 0) is 30.7 Å². The lowest BCUT2D eigenvalue weighted by atomic mass is 10.1. The van der Waals surface area contributed by atoms with Gasteiger partial charge in [0.05, 0.1) is 25.2 Å². The largest absolute Gasteiger partial charge is 0.497 e. The van der Waals surface area contributed by atoms with Crippen LogP contribution in [0, 0.1) is 28.6 Å². The maximum Gasteiger partial charge on any atom is 0.191 e. The molecule has 0 bridgehead atoms. The average Bonchev–Trinajstić information content (AvgIpc) is 2.96. The maximum atomic E-state index is 9.11. The minimum Gasteiger partial charge on any atom is -0.497 e. The van der Waals surface area contributed by atoms with E-state index in [1.54, 1.807) is 7.11 Å². The molecule has 0 N–H and O–H groups in total. The lowest BCUT2D eigenvalue weighted by molar-refractivity contribution is 0.415. The smallest absolute Gasteiger partial charge is 0.191 e. The third-order valence-corrected chi connectivity index (χ3v) is 4.57. The number of aromatic nitrogens is 3. The second kappa shape index (κ2) is 8.21. The highest BCUT2D eigenvalue weighted by Crippen LogP contribution is 2.26. The monoisotopic (exact) mass is 327 g/mol. The molecule has 6 nitrogen and oxygen atoms in total. The molecule has 0 saturated heterocycles. The fraction of sp³-hybridized carbons (Fsp3) is 0.375. The summed E-state index contributed by atoms with van der Waals surface area (Å²) in [7, 11) is 3.53. The van der Waals surface area contributed by atoms with Crippen molar-refractivity contribution in [2.75, 3.05) is 12.9 Å². The van der Waals surface area contributed by atoms with Crippen molar-refractivity contribution in [3.8, 4) is 29.3 Å². The lowest BCUT2D eigenvalue weighted by Gasteiger charge is -2.07. The van der Waals surface area contributed by atoms with Gasteiger partial charge in [-0.15, -0.1) is 10.2 Å². The SMILES string of the molecule is COc1ccc(-c2nnc(SC[C@H](C#N)CCC#N)n2C)cc1. The molecule has 0 aliphatic carbocycles. The summed E-state index contributed by atoms with van der Waals surface area (Å²) in [5.74, 6) is 2.01. The zero-order chi connectivity index (χ0) is 16.7. The fourth-order valence-electron chi connectivity index (χ4n) is 2.03. The van der Waals surface area contributed by atoms with Gasteiger partial charge in [0.25, 0.3) is 0 Å². The lowest BCUT2D eigenvalue weighted by Crippen LogP contribution is -2.02. The normalized spacial score (nSPS) is 11.5. The number of nitrogens with zero attached hydrogens (tertiary/aromatic N) is 5. The summed E-state index contributed by atoms with van der Waals surface area (Å²) in [4.78, 5) is 0. The molecule has 0 fully saturated rings. The Morgan fingerprint density at radius 3 is 2.61 bits per heavy atom. The molecule has 1 aromatic carbocycles.